The number of hydrogen-bond donors (Lipinski definition) is 2. The molecule has 0 atom stereocenters. The highest BCUT2D eigenvalue weighted by atomic mass is 16.5. The molecule has 0 radical (unpaired) electrons. The molecule has 0 aromatic heterocycles. The molecule has 0 unspecified atom stereocenters. The van der Waals surface area contributed by atoms with E-state index in [1.54, 1.807) is 0 Å². The minimum absolute atomic E-state index is 0.0873. The maximum absolute atomic E-state index is 11.1. The zero-order valence-electron chi connectivity index (χ0n) is 12.6. The lowest BCUT2D eigenvalue weighted by Gasteiger charge is -2.07. The lowest BCUT2D eigenvalue weighted by atomic mass is 10.1. The van der Waals surface area contributed by atoms with Crippen molar-refractivity contribution in [1.82, 2.24) is 0 Å². The summed E-state index contributed by atoms with van der Waals surface area (Å²) in [6, 6.07) is 3.58. The molecule has 0 saturated carbocycles. The lowest BCUT2D eigenvalue weighted by molar-refractivity contribution is 0.0997. The molecule has 0 fully saturated rings. The van der Waals surface area contributed by atoms with Gasteiger partial charge >= 0.3 is 0 Å². The molecule has 1 aromatic carbocycles. The monoisotopic (exact) mass is 186 g/mol. The lowest BCUT2D eigenvalue weighted by Crippen LogP contribution is -2.12. The Morgan fingerprint density at radius 2 is 2.54 bits per heavy atom. The van der Waals surface area contributed by atoms with Crippen molar-refractivity contribution in [3.63, 3.8) is 0 Å². The molecule has 13 heavy (non-hydrogen) atoms. The van der Waals surface area contributed by atoms with Gasteiger partial charge in [0.15, 0.2) is 0 Å². The maximum atomic E-state index is 11.1. The number of anilines is 1. The van der Waals surface area contributed by atoms with Crippen molar-refractivity contribution in [3.05, 3.63) is 23.8 Å². The molecule has 0 aliphatic heterocycles. The largest absolute Gasteiger partial charge is 0.496 e. The molecule has 0 aliphatic rings. The average molecular weight is 186 g/mol. The van der Waals surface area contributed by atoms with Crippen LogP contribution in [0.2, 0.25) is 0 Å². The fourth-order valence-corrected chi connectivity index (χ4v) is 0.888. The van der Waals surface area contributed by atoms with Gasteiger partial charge in [-0.1, -0.05) is 0 Å². The molecular formula is C9H12N2O2. The summed E-state index contributed by atoms with van der Waals surface area (Å²) in [5, 5.41) is 2.16. The third kappa shape index (κ3) is 1.90. The second-order valence-corrected chi connectivity index (χ2v) is 2.30. The number of hydrogen-bond acceptors (Lipinski definition) is 3. The molecule has 4 nitrogen and oxygen atoms in total. The van der Waals surface area contributed by atoms with Gasteiger partial charge in [-0.3, -0.25) is 4.79 Å². The van der Waals surface area contributed by atoms with Crippen LogP contribution in [0.3, 0.4) is 0 Å². The second kappa shape index (κ2) is 3.80. The molecule has 3 N–H and O–H groups in total. The molecule has 1 rings (SSSR count). The number of nitrogens with one attached hydrogen (secondary N) is 1. The van der Waals surface area contributed by atoms with E-state index in [9.17, 15) is 4.79 Å². The molecule has 70 valence electrons. The van der Waals surface area contributed by atoms with Gasteiger partial charge in [0.2, 0.25) is 0 Å². The Bertz CT molecular complexity index is 483. The molecule has 4 heteroatoms. The Kier molecular flexibility index (Phi) is 1.17. The van der Waals surface area contributed by atoms with Gasteiger partial charge in [-0.05, 0) is 12.1 Å². The first-order chi connectivity index (χ1) is 8.48. The van der Waals surface area contributed by atoms with E-state index in [4.69, 9.17) is 14.0 Å². The Morgan fingerprint density at radius 1 is 1.69 bits per heavy atom. The number of methoxy groups -OCH3 is 1. The van der Waals surface area contributed by atoms with Gasteiger partial charge in [0.05, 0.1) is 16.7 Å². The Morgan fingerprint density at radius 3 is 3.15 bits per heavy atom. The van der Waals surface area contributed by atoms with Gasteiger partial charge < -0.3 is 15.8 Å². The van der Waals surface area contributed by atoms with Gasteiger partial charge in [-0.15, -0.1) is 0 Å². The van der Waals surface area contributed by atoms with E-state index in [1.807, 2.05) is 0 Å². The molecule has 0 saturated heterocycles. The highest BCUT2D eigenvalue weighted by molar-refractivity contribution is 5.96. The number of carbonyl (C=O) groups excluding carboxylic acids is 1. The maximum Gasteiger partial charge on any atom is 0.252 e. The van der Waals surface area contributed by atoms with Gasteiger partial charge in [0, 0.05) is 22.8 Å². The molecule has 1 aromatic rings. The summed E-state index contributed by atoms with van der Waals surface area (Å²) in [5.41, 5.74) is 5.02. The van der Waals surface area contributed by atoms with Crippen molar-refractivity contribution >= 4 is 11.6 Å². The van der Waals surface area contributed by atoms with Crippen molar-refractivity contribution in [2.75, 3.05) is 19.3 Å². The van der Waals surface area contributed by atoms with Crippen LogP contribution in [-0.2, 0) is 0 Å². The highest BCUT2D eigenvalue weighted by Gasteiger charge is 2.08. The summed E-state index contributed by atoms with van der Waals surface area (Å²) in [6.45, 7) is -2.45. The Labute approximate surface area is 85.1 Å². The van der Waals surface area contributed by atoms with E-state index >= 15 is 0 Å². The minimum atomic E-state index is -2.77. The molecule has 0 aliphatic carbocycles. The van der Waals surface area contributed by atoms with Crippen molar-refractivity contribution in [2.24, 2.45) is 5.73 Å². The third-order valence-corrected chi connectivity index (χ3v) is 1.50. The summed E-state index contributed by atoms with van der Waals surface area (Å²) < 4.78 is 46.7. The second-order valence-electron chi connectivity index (χ2n) is 2.30. The van der Waals surface area contributed by atoms with Crippen LogP contribution in [0.1, 0.15) is 18.6 Å². The number of carbonyl (C=O) groups is 1. The number of rotatable bonds is 3. The number of primary amides is 1. The number of nitrogens with two attached hydrogens (primary N) is 1. The fourth-order valence-electron chi connectivity index (χ4n) is 0.888. The van der Waals surface area contributed by atoms with Gasteiger partial charge in [-0.2, -0.15) is 0 Å². The van der Waals surface area contributed by atoms with Crippen LogP contribution in [0.5, 0.6) is 5.75 Å². The topological polar surface area (TPSA) is 64.3 Å². The van der Waals surface area contributed by atoms with Crippen LogP contribution < -0.4 is 15.8 Å². The van der Waals surface area contributed by atoms with Crippen LogP contribution in [0.4, 0.5) is 5.69 Å². The number of benzene rings is 1. The predicted octanol–water partition coefficient (Wildman–Crippen LogP) is 0.836. The molecule has 1 amide bonds. The van der Waals surface area contributed by atoms with Crippen LogP contribution in [0.15, 0.2) is 18.2 Å². The van der Waals surface area contributed by atoms with Crippen LogP contribution in [0.25, 0.3) is 0 Å². The zero-order chi connectivity index (χ0) is 14.8. The zero-order valence-corrected chi connectivity index (χ0v) is 6.63. The van der Waals surface area contributed by atoms with Gasteiger partial charge in [0.25, 0.3) is 5.91 Å². The van der Waals surface area contributed by atoms with Gasteiger partial charge in [-0.25, -0.2) is 0 Å². The molecule has 0 spiro atoms. The predicted molar refractivity (Wildman–Crippen MR) is 51.1 cm³/mol. The standard InChI is InChI=1S/C9H12N2O2/c1-11-6-3-4-7(9(10)12)8(5-6)13-2/h3-5,11H,1-2H3,(H2,10,12)/i1D3,2D3. The van der Waals surface area contributed by atoms with E-state index in [1.165, 1.54) is 12.1 Å². The normalized spacial score (nSPS) is 18.2. The smallest absolute Gasteiger partial charge is 0.252 e. The Hall–Kier alpha value is -1.71. The van der Waals surface area contributed by atoms with E-state index in [0.29, 0.717) is 0 Å². The van der Waals surface area contributed by atoms with Crippen LogP contribution in [-0.4, -0.2) is 19.9 Å². The van der Waals surface area contributed by atoms with Crippen molar-refractivity contribution in [3.8, 4) is 5.75 Å². The Balaban J connectivity index is 3.15. The SMILES string of the molecule is [2H]C([2H])([2H])Nc1ccc(C(N)=O)c(OC([2H])([2H])[2H])c1. The minimum Gasteiger partial charge on any atom is -0.496 e. The summed E-state index contributed by atoms with van der Waals surface area (Å²) in [5.74, 6) is -1.18. The average Bonchev–Trinajstić information content (AvgIpc) is 2.11. The van der Waals surface area contributed by atoms with Crippen molar-refractivity contribution in [1.29, 1.82) is 0 Å². The van der Waals surface area contributed by atoms with E-state index in [2.05, 4.69) is 10.1 Å². The first kappa shape index (κ1) is 4.00. The van der Waals surface area contributed by atoms with Crippen molar-refractivity contribution < 1.29 is 17.8 Å². The molecule has 0 heterocycles. The quantitative estimate of drug-likeness (QED) is 0.735. The molecule has 0 bridgehead atoms. The van der Waals surface area contributed by atoms with Crippen LogP contribution in [0, 0.1) is 0 Å². The van der Waals surface area contributed by atoms with Crippen LogP contribution >= 0.6 is 0 Å². The van der Waals surface area contributed by atoms with E-state index in [-0.39, 0.29) is 17.0 Å². The highest BCUT2D eigenvalue weighted by Crippen LogP contribution is 2.22. The van der Waals surface area contributed by atoms with Crippen molar-refractivity contribution in [2.45, 2.75) is 0 Å². The number of amides is 1. The summed E-state index contributed by atoms with van der Waals surface area (Å²) in [4.78, 5) is 11.1. The first-order valence-electron chi connectivity index (χ1n) is 6.39. The summed E-state index contributed by atoms with van der Waals surface area (Å²) in [6.07, 6.45) is 0. The van der Waals surface area contributed by atoms with Gasteiger partial charge in [0.1, 0.15) is 5.75 Å². The summed E-state index contributed by atoms with van der Waals surface area (Å²) in [7, 11) is -2.77. The first-order valence-corrected chi connectivity index (χ1v) is 3.39. The molecular weight excluding hydrogens is 168 g/mol. The van der Waals surface area contributed by atoms with E-state index < -0.39 is 19.9 Å². The third-order valence-electron chi connectivity index (χ3n) is 1.50. The number of ether oxygens (including phenoxy) is 1. The fraction of sp³-hybridized carbons (Fsp3) is 0.222. The van der Waals surface area contributed by atoms with E-state index in [0.717, 1.165) is 6.07 Å². The summed E-state index contributed by atoms with van der Waals surface area (Å²) >= 11 is 0.